The standard InChI is InChI=1S/C19H21BrN5O3/c1-3-6-15-17(21-11-12-24(15)27)16(19(26)28-4-2)14-8-10-23-25(14)18-13(20)7-5-9-22-18/h5,7-12,16H,3-4,6H2,1-2H3,(H,21,27)/q+1. The van der Waals surface area contributed by atoms with E-state index in [9.17, 15) is 9.70 Å². The number of esters is 1. The van der Waals surface area contributed by atoms with Crippen molar-refractivity contribution in [3.63, 3.8) is 0 Å². The fraction of sp³-hybridized carbons (Fsp3) is 0.316. The smallest absolute Gasteiger partial charge is 0.321 e. The van der Waals surface area contributed by atoms with Crippen molar-refractivity contribution in [3.05, 3.63) is 69.4 Å². The number of carbonyl (C=O) groups excluding carboxylic acids is 1. The molecule has 28 heavy (non-hydrogen) atoms. The highest BCUT2D eigenvalue weighted by molar-refractivity contribution is 9.10. The molecule has 3 rings (SSSR count). The van der Waals surface area contributed by atoms with E-state index in [1.807, 2.05) is 13.0 Å². The van der Waals surface area contributed by atoms with E-state index in [0.29, 0.717) is 29.3 Å². The van der Waals surface area contributed by atoms with E-state index in [1.54, 1.807) is 36.1 Å². The number of carbonyl (C=O) groups is 1. The number of nitrogens with one attached hydrogen (secondary N) is 1. The molecule has 1 N–H and O–H groups in total. The Morgan fingerprint density at radius 3 is 2.89 bits per heavy atom. The molecule has 8 nitrogen and oxygen atoms in total. The highest BCUT2D eigenvalue weighted by Crippen LogP contribution is 2.29. The van der Waals surface area contributed by atoms with Gasteiger partial charge < -0.3 is 9.72 Å². The number of H-pyrrole nitrogens is 1. The van der Waals surface area contributed by atoms with Crippen molar-refractivity contribution < 1.29 is 14.0 Å². The molecule has 0 aliphatic heterocycles. The van der Waals surface area contributed by atoms with Crippen LogP contribution >= 0.6 is 15.9 Å². The van der Waals surface area contributed by atoms with Crippen LogP contribution in [0.15, 0.2) is 47.5 Å². The lowest BCUT2D eigenvalue weighted by molar-refractivity contribution is -0.506. The number of nitrogens with zero attached hydrogens (tertiary/aromatic N) is 4. The number of hydrogen-bond acceptors (Lipinski definition) is 5. The monoisotopic (exact) mass is 446 g/mol. The van der Waals surface area contributed by atoms with Crippen LogP contribution in [0.25, 0.3) is 5.82 Å². The lowest BCUT2D eigenvalue weighted by atomic mass is 9.97. The Kier molecular flexibility index (Phi) is 6.35. The predicted octanol–water partition coefficient (Wildman–Crippen LogP) is 2.92. The minimum absolute atomic E-state index is 0.226. The zero-order valence-electron chi connectivity index (χ0n) is 15.6. The third-order valence-corrected chi connectivity index (χ3v) is 4.85. The number of hydrogen-bond donors (Lipinski definition) is 1. The van der Waals surface area contributed by atoms with Crippen LogP contribution in [0.4, 0.5) is 0 Å². The van der Waals surface area contributed by atoms with Crippen molar-refractivity contribution in [3.8, 4) is 5.82 Å². The van der Waals surface area contributed by atoms with E-state index in [1.165, 1.54) is 12.4 Å². The first-order chi connectivity index (χ1) is 13.6. The van der Waals surface area contributed by atoms with Gasteiger partial charge in [0.15, 0.2) is 5.82 Å². The molecule has 0 aromatic carbocycles. The van der Waals surface area contributed by atoms with E-state index < -0.39 is 11.9 Å². The van der Waals surface area contributed by atoms with Crippen LogP contribution in [0.1, 0.15) is 43.3 Å². The van der Waals surface area contributed by atoms with Gasteiger partial charge in [0.2, 0.25) is 6.20 Å². The zero-order valence-corrected chi connectivity index (χ0v) is 17.2. The maximum Gasteiger partial charge on any atom is 0.321 e. The van der Waals surface area contributed by atoms with E-state index in [2.05, 4.69) is 31.0 Å². The van der Waals surface area contributed by atoms with Crippen LogP contribution in [0.3, 0.4) is 0 Å². The second kappa shape index (κ2) is 8.92. The largest absolute Gasteiger partial charge is 0.465 e. The maximum atomic E-state index is 13.0. The summed E-state index contributed by atoms with van der Waals surface area (Å²) in [6.07, 6.45) is 7.43. The minimum atomic E-state index is -0.848. The molecular formula is C19H21BrN5O3+. The number of rotatable bonds is 7. The number of aromatic nitrogens is 5. The summed E-state index contributed by atoms with van der Waals surface area (Å²) in [7, 11) is 0. The van der Waals surface area contributed by atoms with Crippen LogP contribution in [-0.2, 0) is 16.0 Å². The Morgan fingerprint density at radius 2 is 2.18 bits per heavy atom. The van der Waals surface area contributed by atoms with Crippen molar-refractivity contribution in [1.29, 1.82) is 0 Å². The van der Waals surface area contributed by atoms with Gasteiger partial charge in [0, 0.05) is 23.7 Å². The van der Waals surface area contributed by atoms with Gasteiger partial charge >= 0.3 is 5.97 Å². The normalized spacial score (nSPS) is 12.0. The summed E-state index contributed by atoms with van der Waals surface area (Å²) in [5, 5.41) is 4.35. The van der Waals surface area contributed by atoms with Crippen LogP contribution < -0.4 is 4.43 Å². The summed E-state index contributed by atoms with van der Waals surface area (Å²) >= 11 is 3.47. The second-order valence-corrected chi connectivity index (χ2v) is 6.91. The summed E-state index contributed by atoms with van der Waals surface area (Å²) in [5.74, 6) is -0.768. The molecule has 0 bridgehead atoms. The molecule has 0 aliphatic carbocycles. The van der Waals surface area contributed by atoms with Gasteiger partial charge in [0.25, 0.3) is 5.69 Å². The quantitative estimate of drug-likeness (QED) is 0.444. The van der Waals surface area contributed by atoms with E-state index >= 15 is 0 Å². The molecule has 0 amide bonds. The Bertz CT molecular complexity index is 1030. The molecule has 0 saturated carbocycles. The van der Waals surface area contributed by atoms with Crippen molar-refractivity contribution in [2.45, 2.75) is 32.6 Å². The first-order valence-electron chi connectivity index (χ1n) is 9.02. The fourth-order valence-corrected chi connectivity index (χ4v) is 3.50. The number of pyridine rings is 1. The third kappa shape index (κ3) is 3.89. The SMILES string of the molecule is CCCc1c(C(C(=O)OCC)c2ccnn2-c2ncccc2Br)[nH]cc[n+]1=O. The van der Waals surface area contributed by atoms with Crippen molar-refractivity contribution in [2.75, 3.05) is 6.61 Å². The highest BCUT2D eigenvalue weighted by atomic mass is 79.9. The third-order valence-electron chi connectivity index (χ3n) is 4.23. The summed E-state index contributed by atoms with van der Waals surface area (Å²) in [6, 6.07) is 5.37. The molecule has 3 aromatic heterocycles. The summed E-state index contributed by atoms with van der Waals surface area (Å²) < 4.78 is 8.43. The Balaban J connectivity index is 2.22. The molecule has 1 atom stereocenters. The van der Waals surface area contributed by atoms with Gasteiger partial charge in [-0.1, -0.05) is 6.92 Å². The molecular weight excluding hydrogens is 426 g/mol. The van der Waals surface area contributed by atoms with Crippen molar-refractivity contribution in [2.24, 2.45) is 0 Å². The molecule has 0 spiro atoms. The Hall–Kier alpha value is -2.81. The number of halogens is 1. The predicted molar refractivity (Wildman–Crippen MR) is 106 cm³/mol. The molecule has 3 aromatic rings. The first-order valence-corrected chi connectivity index (χ1v) is 9.81. The van der Waals surface area contributed by atoms with Crippen molar-refractivity contribution in [1.82, 2.24) is 19.7 Å². The molecule has 3 heterocycles. The summed E-state index contributed by atoms with van der Waals surface area (Å²) in [6.45, 7) is 3.95. The van der Waals surface area contributed by atoms with Crippen LogP contribution in [0.2, 0.25) is 0 Å². The average Bonchev–Trinajstić information content (AvgIpc) is 3.14. The van der Waals surface area contributed by atoms with Crippen LogP contribution in [0, 0.1) is 4.91 Å². The molecule has 0 aliphatic rings. The van der Waals surface area contributed by atoms with Gasteiger partial charge in [-0.05, 0) is 47.5 Å². The number of aromatic amines is 1. The first kappa shape index (κ1) is 19.9. The lowest BCUT2D eigenvalue weighted by Gasteiger charge is -2.17. The lowest BCUT2D eigenvalue weighted by Crippen LogP contribution is -2.29. The fourth-order valence-electron chi connectivity index (χ4n) is 3.07. The van der Waals surface area contributed by atoms with E-state index in [-0.39, 0.29) is 6.61 Å². The van der Waals surface area contributed by atoms with Gasteiger partial charge in [-0.25, -0.2) is 9.67 Å². The van der Waals surface area contributed by atoms with Gasteiger partial charge in [-0.2, -0.15) is 5.10 Å². The van der Waals surface area contributed by atoms with Gasteiger partial charge in [-0.3, -0.25) is 4.79 Å². The highest BCUT2D eigenvalue weighted by Gasteiger charge is 2.34. The maximum absolute atomic E-state index is 13.0. The van der Waals surface area contributed by atoms with Crippen LogP contribution in [-0.4, -0.2) is 32.3 Å². The van der Waals surface area contributed by atoms with Gasteiger partial charge in [0.05, 0.1) is 27.4 Å². The second-order valence-electron chi connectivity index (χ2n) is 6.06. The zero-order chi connectivity index (χ0) is 20.1. The van der Waals surface area contributed by atoms with Gasteiger partial charge in [0.1, 0.15) is 11.6 Å². The topological polar surface area (TPSA) is 95.8 Å². The Morgan fingerprint density at radius 1 is 1.36 bits per heavy atom. The minimum Gasteiger partial charge on any atom is -0.465 e. The van der Waals surface area contributed by atoms with Crippen molar-refractivity contribution >= 4 is 21.9 Å². The summed E-state index contributed by atoms with van der Waals surface area (Å²) in [4.78, 5) is 32.8. The van der Waals surface area contributed by atoms with Crippen LogP contribution in [0.5, 0.6) is 0 Å². The van der Waals surface area contributed by atoms with E-state index in [4.69, 9.17) is 4.74 Å². The van der Waals surface area contributed by atoms with E-state index in [0.717, 1.165) is 15.3 Å². The molecule has 146 valence electrons. The van der Waals surface area contributed by atoms with Gasteiger partial charge in [-0.15, -0.1) is 0 Å². The molecule has 0 fully saturated rings. The number of ether oxygens (including phenoxy) is 1. The average molecular weight is 447 g/mol. The Labute approximate surface area is 170 Å². The molecule has 9 heteroatoms. The molecule has 0 radical (unpaired) electrons. The summed E-state index contributed by atoms with van der Waals surface area (Å²) in [5.41, 5.74) is 1.54. The molecule has 1 unspecified atom stereocenters. The molecule has 0 saturated heterocycles.